The van der Waals surface area contributed by atoms with E-state index in [1.165, 1.54) is 6.07 Å². The number of rotatable bonds is 5. The van der Waals surface area contributed by atoms with Crippen molar-refractivity contribution in [3.05, 3.63) is 58.9 Å². The van der Waals surface area contributed by atoms with Crippen LogP contribution in [0, 0.1) is 11.7 Å². The molecule has 2 aromatic rings. The van der Waals surface area contributed by atoms with Crippen LogP contribution >= 0.6 is 11.6 Å². The van der Waals surface area contributed by atoms with Crippen LogP contribution in [0.5, 0.6) is 0 Å². The zero-order chi connectivity index (χ0) is 15.5. The van der Waals surface area contributed by atoms with Crippen LogP contribution in [0.1, 0.15) is 18.4 Å². The molecule has 22 heavy (non-hydrogen) atoms. The smallest absolute Gasteiger partial charge is 0.227 e. The first kappa shape index (κ1) is 14.9. The Morgan fingerprint density at radius 1 is 1.14 bits per heavy atom. The average Bonchev–Trinajstić information content (AvgIpc) is 3.33. The summed E-state index contributed by atoms with van der Waals surface area (Å²) in [6, 6.07) is 12.0. The van der Waals surface area contributed by atoms with E-state index in [1.54, 1.807) is 12.1 Å². The third kappa shape index (κ3) is 3.57. The summed E-state index contributed by atoms with van der Waals surface area (Å²) in [6.45, 7) is 0.305. The first-order valence-corrected chi connectivity index (χ1v) is 7.59. The highest BCUT2D eigenvalue weighted by Gasteiger charge is 2.29. The second-order valence-corrected chi connectivity index (χ2v) is 5.80. The van der Waals surface area contributed by atoms with Gasteiger partial charge in [-0.15, -0.1) is 0 Å². The lowest BCUT2D eigenvalue weighted by molar-refractivity contribution is -0.117. The van der Waals surface area contributed by atoms with Crippen LogP contribution in [0.3, 0.4) is 0 Å². The van der Waals surface area contributed by atoms with Gasteiger partial charge < -0.3 is 10.6 Å². The zero-order valence-corrected chi connectivity index (χ0v) is 12.7. The van der Waals surface area contributed by atoms with Gasteiger partial charge in [0.2, 0.25) is 5.91 Å². The fourth-order valence-electron chi connectivity index (χ4n) is 2.15. The Balaban J connectivity index is 1.60. The van der Waals surface area contributed by atoms with Crippen LogP contribution in [0.25, 0.3) is 0 Å². The molecular formula is C17H16ClFN2O. The Bertz CT molecular complexity index is 663. The molecule has 5 heteroatoms. The molecule has 3 rings (SSSR count). The van der Waals surface area contributed by atoms with Gasteiger partial charge in [0.25, 0.3) is 0 Å². The van der Waals surface area contributed by atoms with E-state index in [-0.39, 0.29) is 17.6 Å². The summed E-state index contributed by atoms with van der Waals surface area (Å²) in [4.78, 5) is 11.7. The largest absolute Gasteiger partial charge is 0.381 e. The minimum atomic E-state index is -0.326. The molecule has 1 fully saturated rings. The summed E-state index contributed by atoms with van der Waals surface area (Å²) in [5.74, 6) is -0.0619. The predicted molar refractivity (Wildman–Crippen MR) is 86.5 cm³/mol. The van der Waals surface area contributed by atoms with E-state index in [2.05, 4.69) is 10.6 Å². The highest BCUT2D eigenvalue weighted by atomic mass is 35.5. The fraction of sp³-hybridized carbons (Fsp3) is 0.235. The molecule has 0 bridgehead atoms. The molecule has 0 aliphatic heterocycles. The maximum atomic E-state index is 13.7. The lowest BCUT2D eigenvalue weighted by atomic mass is 10.2. The fourth-order valence-corrected chi connectivity index (χ4v) is 2.38. The van der Waals surface area contributed by atoms with Gasteiger partial charge in [0, 0.05) is 34.4 Å². The quantitative estimate of drug-likeness (QED) is 0.855. The van der Waals surface area contributed by atoms with Crippen molar-refractivity contribution < 1.29 is 9.18 Å². The van der Waals surface area contributed by atoms with E-state index in [0.717, 1.165) is 24.2 Å². The second kappa shape index (κ2) is 6.36. The highest BCUT2D eigenvalue weighted by Crippen LogP contribution is 2.30. The first-order valence-electron chi connectivity index (χ1n) is 7.21. The van der Waals surface area contributed by atoms with Gasteiger partial charge in [-0.05, 0) is 49.2 Å². The SMILES string of the molecule is O=C(Nc1ccc(NCc2c(F)cccc2Cl)cc1)C1CC1. The van der Waals surface area contributed by atoms with Crippen LogP contribution < -0.4 is 10.6 Å². The van der Waals surface area contributed by atoms with Gasteiger partial charge in [-0.3, -0.25) is 4.79 Å². The Labute approximate surface area is 133 Å². The molecule has 0 saturated heterocycles. The minimum absolute atomic E-state index is 0.0823. The molecule has 1 aliphatic carbocycles. The number of anilines is 2. The first-order chi connectivity index (χ1) is 10.6. The summed E-state index contributed by atoms with van der Waals surface area (Å²) in [6.07, 6.45) is 1.96. The number of nitrogens with one attached hydrogen (secondary N) is 2. The average molecular weight is 319 g/mol. The topological polar surface area (TPSA) is 41.1 Å². The number of carbonyl (C=O) groups excluding carboxylic acids is 1. The van der Waals surface area contributed by atoms with Crippen LogP contribution in [0.2, 0.25) is 5.02 Å². The molecule has 2 aromatic carbocycles. The van der Waals surface area contributed by atoms with E-state index >= 15 is 0 Å². The molecule has 0 heterocycles. The Morgan fingerprint density at radius 3 is 2.45 bits per heavy atom. The standard InChI is InChI=1S/C17H16ClFN2O/c18-15-2-1-3-16(19)14(15)10-20-12-6-8-13(9-7-12)21-17(22)11-4-5-11/h1-3,6-9,11,20H,4-5,10H2,(H,21,22). The molecular weight excluding hydrogens is 303 g/mol. The van der Waals surface area contributed by atoms with Gasteiger partial charge in [0.05, 0.1) is 0 Å². The number of amides is 1. The van der Waals surface area contributed by atoms with E-state index < -0.39 is 0 Å². The molecule has 1 amide bonds. The third-order valence-electron chi connectivity index (χ3n) is 3.63. The van der Waals surface area contributed by atoms with Crippen molar-refractivity contribution in [3.63, 3.8) is 0 Å². The van der Waals surface area contributed by atoms with Crippen molar-refractivity contribution in [1.29, 1.82) is 0 Å². The molecule has 0 spiro atoms. The molecule has 1 aliphatic rings. The molecule has 2 N–H and O–H groups in total. The number of carbonyl (C=O) groups is 1. The summed E-state index contributed by atoms with van der Waals surface area (Å²) in [5.41, 5.74) is 2.05. The molecule has 0 radical (unpaired) electrons. The normalized spacial score (nSPS) is 13.7. The van der Waals surface area contributed by atoms with Gasteiger partial charge in [0.15, 0.2) is 0 Å². The number of hydrogen-bond acceptors (Lipinski definition) is 2. The lowest BCUT2D eigenvalue weighted by Gasteiger charge is -2.10. The van der Waals surface area contributed by atoms with E-state index in [1.807, 2.05) is 24.3 Å². The highest BCUT2D eigenvalue weighted by molar-refractivity contribution is 6.31. The Hall–Kier alpha value is -2.07. The molecule has 1 saturated carbocycles. The van der Waals surface area contributed by atoms with E-state index in [4.69, 9.17) is 11.6 Å². The van der Waals surface area contributed by atoms with Crippen LogP contribution in [0.15, 0.2) is 42.5 Å². The van der Waals surface area contributed by atoms with Crippen molar-refractivity contribution in [3.8, 4) is 0 Å². The molecule has 3 nitrogen and oxygen atoms in total. The maximum Gasteiger partial charge on any atom is 0.227 e. The van der Waals surface area contributed by atoms with Crippen LogP contribution in [-0.2, 0) is 11.3 Å². The zero-order valence-electron chi connectivity index (χ0n) is 11.9. The van der Waals surface area contributed by atoms with Gasteiger partial charge in [-0.1, -0.05) is 17.7 Å². The summed E-state index contributed by atoms with van der Waals surface area (Å²) >= 11 is 5.99. The van der Waals surface area contributed by atoms with Crippen molar-refractivity contribution in [2.75, 3.05) is 10.6 Å². The minimum Gasteiger partial charge on any atom is -0.381 e. The summed E-state index contributed by atoms with van der Waals surface area (Å²) in [5, 5.41) is 6.40. The summed E-state index contributed by atoms with van der Waals surface area (Å²) in [7, 11) is 0. The molecule has 0 aromatic heterocycles. The maximum absolute atomic E-state index is 13.7. The third-order valence-corrected chi connectivity index (χ3v) is 3.99. The molecule has 114 valence electrons. The van der Waals surface area contributed by atoms with Gasteiger partial charge in [-0.2, -0.15) is 0 Å². The van der Waals surface area contributed by atoms with Gasteiger partial charge in [-0.25, -0.2) is 4.39 Å². The Kier molecular flexibility index (Phi) is 4.29. The van der Waals surface area contributed by atoms with Crippen LogP contribution in [-0.4, -0.2) is 5.91 Å². The Morgan fingerprint density at radius 2 is 1.82 bits per heavy atom. The van der Waals surface area contributed by atoms with E-state index in [0.29, 0.717) is 17.1 Å². The van der Waals surface area contributed by atoms with Crippen molar-refractivity contribution >= 4 is 28.9 Å². The number of halogens is 2. The molecule has 0 atom stereocenters. The van der Waals surface area contributed by atoms with E-state index in [9.17, 15) is 9.18 Å². The monoisotopic (exact) mass is 318 g/mol. The van der Waals surface area contributed by atoms with Crippen molar-refractivity contribution in [1.82, 2.24) is 0 Å². The number of benzene rings is 2. The predicted octanol–water partition coefficient (Wildman–Crippen LogP) is 4.44. The molecule has 0 unspecified atom stereocenters. The van der Waals surface area contributed by atoms with Crippen molar-refractivity contribution in [2.45, 2.75) is 19.4 Å². The summed E-state index contributed by atoms with van der Waals surface area (Å²) < 4.78 is 13.7. The van der Waals surface area contributed by atoms with Crippen LogP contribution in [0.4, 0.5) is 15.8 Å². The lowest BCUT2D eigenvalue weighted by Crippen LogP contribution is -2.13. The second-order valence-electron chi connectivity index (χ2n) is 5.39. The van der Waals surface area contributed by atoms with Gasteiger partial charge >= 0.3 is 0 Å². The number of hydrogen-bond donors (Lipinski definition) is 2. The van der Waals surface area contributed by atoms with Gasteiger partial charge in [0.1, 0.15) is 5.82 Å². The van der Waals surface area contributed by atoms with Crippen molar-refractivity contribution in [2.24, 2.45) is 5.92 Å².